The van der Waals surface area contributed by atoms with Crippen LogP contribution in [0.2, 0.25) is 0 Å². The van der Waals surface area contributed by atoms with Gasteiger partial charge in [-0.05, 0) is 57.4 Å². The Balaban J connectivity index is 1.84. The molecule has 1 heterocycles. The first-order valence-corrected chi connectivity index (χ1v) is 11.7. The Morgan fingerprint density at radius 3 is 2.38 bits per heavy atom. The molecule has 1 aliphatic carbocycles. The molecule has 3 rings (SSSR count). The van der Waals surface area contributed by atoms with E-state index < -0.39 is 10.0 Å². The second-order valence-electron chi connectivity index (χ2n) is 7.98. The zero-order chi connectivity index (χ0) is 21.2. The maximum Gasteiger partial charge on any atom is 0.243 e. The Labute approximate surface area is 174 Å². The van der Waals surface area contributed by atoms with E-state index in [4.69, 9.17) is 0 Å². The van der Waals surface area contributed by atoms with Crippen molar-refractivity contribution in [3.63, 3.8) is 0 Å². The van der Waals surface area contributed by atoms with E-state index in [0.717, 1.165) is 24.1 Å². The van der Waals surface area contributed by atoms with Crippen LogP contribution in [0.4, 0.5) is 0 Å². The lowest BCUT2D eigenvalue weighted by molar-refractivity contribution is -0.133. The van der Waals surface area contributed by atoms with Crippen molar-refractivity contribution < 1.29 is 13.2 Å². The highest BCUT2D eigenvalue weighted by Gasteiger charge is 2.37. The number of carbonyl (C=O) groups is 1. The van der Waals surface area contributed by atoms with E-state index in [1.807, 2.05) is 55.6 Å². The first-order chi connectivity index (χ1) is 13.7. The quantitative estimate of drug-likeness (QED) is 0.629. The lowest BCUT2D eigenvalue weighted by Crippen LogP contribution is -2.47. The molecule has 1 aromatic heterocycles. The largest absolute Gasteiger partial charge is 0.353 e. The average Bonchev–Trinajstić information content (AvgIpc) is 3.45. The van der Waals surface area contributed by atoms with Crippen molar-refractivity contribution in [1.29, 1.82) is 0 Å². The fraction of sp³-hybridized carbons (Fsp3) is 0.500. The smallest absolute Gasteiger partial charge is 0.243 e. The molecule has 0 bridgehead atoms. The van der Waals surface area contributed by atoms with Crippen molar-refractivity contribution >= 4 is 15.9 Å². The summed E-state index contributed by atoms with van der Waals surface area (Å²) in [5.41, 5.74) is 2.04. The second-order valence-corrected chi connectivity index (χ2v) is 9.87. The molecule has 0 radical (unpaired) electrons. The molecule has 1 aliphatic rings. The number of benzene rings is 1. The van der Waals surface area contributed by atoms with Crippen molar-refractivity contribution in [3.05, 3.63) is 53.9 Å². The monoisotopic (exact) mass is 417 g/mol. The highest BCUT2D eigenvalue weighted by molar-refractivity contribution is 7.89. The molecule has 0 spiro atoms. The average molecular weight is 418 g/mol. The maximum absolute atomic E-state index is 13.3. The predicted octanol–water partition coefficient (Wildman–Crippen LogP) is 3.31. The number of aromatic nitrogens is 1. The molecule has 1 saturated carbocycles. The Hall–Kier alpha value is -2.12. The molecular formula is C22H31N3O3S. The van der Waals surface area contributed by atoms with E-state index in [-0.39, 0.29) is 29.4 Å². The molecule has 158 valence electrons. The third-order valence-corrected chi connectivity index (χ3v) is 7.67. The maximum atomic E-state index is 13.3. The van der Waals surface area contributed by atoms with Gasteiger partial charge in [-0.1, -0.05) is 24.6 Å². The molecule has 6 nitrogen and oxygen atoms in total. The third kappa shape index (κ3) is 4.90. The molecule has 0 aliphatic heterocycles. The van der Waals surface area contributed by atoms with Crippen LogP contribution in [-0.2, 0) is 28.4 Å². The molecule has 29 heavy (non-hydrogen) atoms. The van der Waals surface area contributed by atoms with E-state index >= 15 is 0 Å². The number of aryl methyl sites for hydroxylation is 2. The minimum absolute atomic E-state index is 0.133. The summed E-state index contributed by atoms with van der Waals surface area (Å²) in [6.07, 6.45) is 4.55. The summed E-state index contributed by atoms with van der Waals surface area (Å²) in [6.45, 7) is 6.09. The van der Waals surface area contributed by atoms with Gasteiger partial charge in [-0.2, -0.15) is 4.31 Å². The number of hydrogen-bond acceptors (Lipinski definition) is 3. The summed E-state index contributed by atoms with van der Waals surface area (Å²) in [4.78, 5) is 15.3. The van der Waals surface area contributed by atoms with Gasteiger partial charge in [0.25, 0.3) is 0 Å². The van der Waals surface area contributed by atoms with Gasteiger partial charge in [0, 0.05) is 31.0 Å². The van der Waals surface area contributed by atoms with Crippen LogP contribution in [0, 0.1) is 6.92 Å². The van der Waals surface area contributed by atoms with Crippen molar-refractivity contribution in [1.82, 2.24) is 13.8 Å². The Morgan fingerprint density at radius 2 is 1.86 bits per heavy atom. The molecule has 0 N–H and O–H groups in total. The van der Waals surface area contributed by atoms with Gasteiger partial charge in [0.1, 0.15) is 0 Å². The second kappa shape index (κ2) is 8.71. The van der Waals surface area contributed by atoms with Crippen LogP contribution in [0.1, 0.15) is 44.4 Å². The van der Waals surface area contributed by atoms with E-state index in [1.165, 1.54) is 4.31 Å². The Bertz CT molecular complexity index is 946. The molecule has 1 atom stereocenters. The van der Waals surface area contributed by atoms with Crippen LogP contribution >= 0.6 is 0 Å². The Kier molecular flexibility index (Phi) is 6.49. The van der Waals surface area contributed by atoms with Gasteiger partial charge >= 0.3 is 0 Å². The first-order valence-electron chi connectivity index (χ1n) is 10.2. The molecule has 0 saturated heterocycles. The highest BCUT2D eigenvalue weighted by atomic mass is 32.2. The number of carbonyl (C=O) groups excluding carboxylic acids is 1. The standard InChI is InChI=1S/C22H31N3O3S/c1-5-18(3)25(29(27,28)21-12-8-17(2)9-13-21)16-22(26)24(19-10-11-19)15-20-7-6-14-23(20)4/h6-9,12-14,18-19H,5,10-11,15-16H2,1-4H3. The lowest BCUT2D eigenvalue weighted by Gasteiger charge is -2.30. The van der Waals surface area contributed by atoms with Crippen molar-refractivity contribution in [2.45, 2.75) is 63.6 Å². The molecule has 2 aromatic rings. The van der Waals surface area contributed by atoms with Crippen LogP contribution in [-0.4, -0.2) is 46.7 Å². The van der Waals surface area contributed by atoms with Gasteiger partial charge in [-0.15, -0.1) is 0 Å². The number of hydrogen-bond donors (Lipinski definition) is 0. The summed E-state index contributed by atoms with van der Waals surface area (Å²) in [7, 11) is -1.80. The van der Waals surface area contributed by atoms with Gasteiger partial charge in [0.2, 0.25) is 15.9 Å². The third-order valence-electron chi connectivity index (χ3n) is 5.69. The van der Waals surface area contributed by atoms with Crippen LogP contribution in [0.15, 0.2) is 47.5 Å². The topological polar surface area (TPSA) is 62.6 Å². The van der Waals surface area contributed by atoms with Crippen LogP contribution in [0.5, 0.6) is 0 Å². The minimum atomic E-state index is -3.75. The van der Waals surface area contributed by atoms with Gasteiger partial charge < -0.3 is 9.47 Å². The fourth-order valence-corrected chi connectivity index (χ4v) is 5.05. The van der Waals surface area contributed by atoms with Gasteiger partial charge in [0.15, 0.2) is 0 Å². The first kappa shape index (κ1) is 21.6. The molecule has 7 heteroatoms. The van der Waals surface area contributed by atoms with Crippen LogP contribution in [0.25, 0.3) is 0 Å². The van der Waals surface area contributed by atoms with Crippen molar-refractivity contribution in [2.24, 2.45) is 7.05 Å². The number of nitrogens with zero attached hydrogens (tertiary/aromatic N) is 3. The van der Waals surface area contributed by atoms with Gasteiger partial charge in [-0.3, -0.25) is 4.79 Å². The SMILES string of the molecule is CCC(C)N(CC(=O)N(Cc1cccn1C)C1CC1)S(=O)(=O)c1ccc(C)cc1. The van der Waals surface area contributed by atoms with E-state index in [2.05, 4.69) is 0 Å². The van der Waals surface area contributed by atoms with Crippen LogP contribution < -0.4 is 0 Å². The fourth-order valence-electron chi connectivity index (χ4n) is 3.39. The molecular weight excluding hydrogens is 386 g/mol. The predicted molar refractivity (Wildman–Crippen MR) is 114 cm³/mol. The normalized spacial score (nSPS) is 15.5. The van der Waals surface area contributed by atoms with Gasteiger partial charge in [-0.25, -0.2) is 8.42 Å². The summed E-state index contributed by atoms with van der Waals surface area (Å²) in [5.74, 6) is -0.135. The molecule has 1 fully saturated rings. The summed E-state index contributed by atoms with van der Waals surface area (Å²) in [5, 5.41) is 0. The van der Waals surface area contributed by atoms with Crippen molar-refractivity contribution in [3.8, 4) is 0 Å². The summed E-state index contributed by atoms with van der Waals surface area (Å²) < 4.78 is 30.0. The van der Waals surface area contributed by atoms with Gasteiger partial charge in [0.05, 0.1) is 18.0 Å². The number of sulfonamides is 1. The summed E-state index contributed by atoms with van der Waals surface area (Å²) >= 11 is 0. The zero-order valence-corrected chi connectivity index (χ0v) is 18.5. The van der Waals surface area contributed by atoms with Crippen LogP contribution in [0.3, 0.4) is 0 Å². The Morgan fingerprint density at radius 1 is 1.21 bits per heavy atom. The van der Waals surface area contributed by atoms with E-state index in [0.29, 0.717) is 13.0 Å². The summed E-state index contributed by atoms with van der Waals surface area (Å²) in [6, 6.07) is 10.7. The zero-order valence-electron chi connectivity index (χ0n) is 17.7. The number of amides is 1. The lowest BCUT2D eigenvalue weighted by atomic mass is 10.2. The van der Waals surface area contributed by atoms with E-state index in [9.17, 15) is 13.2 Å². The van der Waals surface area contributed by atoms with Crippen molar-refractivity contribution in [2.75, 3.05) is 6.54 Å². The minimum Gasteiger partial charge on any atom is -0.353 e. The number of rotatable bonds is 9. The molecule has 1 amide bonds. The van der Waals surface area contributed by atoms with E-state index in [1.54, 1.807) is 24.3 Å². The molecule has 1 aromatic carbocycles. The highest BCUT2D eigenvalue weighted by Crippen LogP contribution is 2.29. The molecule has 1 unspecified atom stereocenters.